The lowest BCUT2D eigenvalue weighted by atomic mass is 10.1. The van der Waals surface area contributed by atoms with Crippen molar-refractivity contribution in [2.75, 3.05) is 12.4 Å². The molecule has 1 rings (SSSR count). The van der Waals surface area contributed by atoms with Gasteiger partial charge in [0.1, 0.15) is 11.6 Å². The molecule has 0 aliphatic heterocycles. The lowest BCUT2D eigenvalue weighted by molar-refractivity contribution is -0.117. The summed E-state index contributed by atoms with van der Waals surface area (Å²) in [7, 11) is 0. The van der Waals surface area contributed by atoms with Crippen LogP contribution in [0.4, 0.5) is 0 Å². The van der Waals surface area contributed by atoms with Gasteiger partial charge in [0.15, 0.2) is 0 Å². The van der Waals surface area contributed by atoms with Crippen molar-refractivity contribution < 1.29 is 4.79 Å². The van der Waals surface area contributed by atoms with E-state index in [9.17, 15) is 4.79 Å². The summed E-state index contributed by atoms with van der Waals surface area (Å²) in [5, 5.41) is 14.9. The van der Waals surface area contributed by atoms with E-state index >= 15 is 0 Å². The third kappa shape index (κ3) is 6.49. The van der Waals surface area contributed by atoms with Gasteiger partial charge in [0.05, 0.1) is 0 Å². The normalized spacial score (nSPS) is 17.4. The van der Waals surface area contributed by atoms with Crippen LogP contribution >= 0.6 is 11.6 Å². The van der Waals surface area contributed by atoms with E-state index in [1.807, 2.05) is 6.07 Å². The van der Waals surface area contributed by atoms with E-state index in [4.69, 9.17) is 16.9 Å². The Morgan fingerprint density at radius 1 is 1.32 bits per heavy atom. The second kappa shape index (κ2) is 9.69. The molecule has 5 heteroatoms. The summed E-state index contributed by atoms with van der Waals surface area (Å²) >= 11 is 5.53. The topological polar surface area (TPSA) is 64.9 Å². The molecule has 1 aliphatic rings. The molecule has 0 saturated heterocycles. The first-order valence-corrected chi connectivity index (χ1v) is 7.52. The van der Waals surface area contributed by atoms with Crippen molar-refractivity contribution in [3.8, 4) is 6.07 Å². The van der Waals surface area contributed by atoms with Gasteiger partial charge >= 0.3 is 0 Å². The zero-order valence-corrected chi connectivity index (χ0v) is 12.0. The van der Waals surface area contributed by atoms with E-state index in [1.54, 1.807) is 6.20 Å². The average Bonchev–Trinajstić information content (AvgIpc) is 2.68. The number of hydrogen-bond acceptors (Lipinski definition) is 3. The number of nitriles is 1. The van der Waals surface area contributed by atoms with E-state index in [0.29, 0.717) is 24.9 Å². The van der Waals surface area contributed by atoms with Crippen molar-refractivity contribution in [2.45, 2.75) is 51.0 Å². The molecule has 1 amide bonds. The predicted octanol–water partition coefficient (Wildman–Crippen LogP) is 2.45. The van der Waals surface area contributed by atoms with Gasteiger partial charge in [0, 0.05) is 24.7 Å². The minimum absolute atomic E-state index is 0.138. The van der Waals surface area contributed by atoms with Crippen LogP contribution in [0.5, 0.6) is 0 Å². The molecule has 0 aromatic carbocycles. The van der Waals surface area contributed by atoms with Gasteiger partial charge in [-0.2, -0.15) is 5.26 Å². The lowest BCUT2D eigenvalue weighted by Gasteiger charge is -2.14. The highest BCUT2D eigenvalue weighted by atomic mass is 35.5. The quantitative estimate of drug-likeness (QED) is 0.259. The van der Waals surface area contributed by atoms with Crippen molar-refractivity contribution in [1.82, 2.24) is 10.6 Å². The number of halogens is 1. The standard InChI is InChI=1S/C14H22ClN3O/c15-8-5-9-17-14(19)12(10-16)11-18-13-6-3-1-2-4-7-13/h11,13,18H,1-9H2,(H,17,19)/b12-11-. The number of nitrogens with one attached hydrogen (secondary N) is 2. The minimum Gasteiger partial charge on any atom is -0.387 e. The van der Waals surface area contributed by atoms with Crippen LogP contribution in [0.3, 0.4) is 0 Å². The summed E-state index contributed by atoms with van der Waals surface area (Å²) in [4.78, 5) is 11.7. The highest BCUT2D eigenvalue weighted by Crippen LogP contribution is 2.17. The van der Waals surface area contributed by atoms with Crippen molar-refractivity contribution in [3.05, 3.63) is 11.8 Å². The fraction of sp³-hybridized carbons (Fsp3) is 0.714. The second-order valence-electron chi connectivity index (χ2n) is 4.82. The Labute approximate surface area is 120 Å². The van der Waals surface area contributed by atoms with Crippen molar-refractivity contribution >= 4 is 17.5 Å². The van der Waals surface area contributed by atoms with Gasteiger partial charge in [-0.3, -0.25) is 4.79 Å². The van der Waals surface area contributed by atoms with E-state index in [0.717, 1.165) is 12.8 Å². The molecule has 0 radical (unpaired) electrons. The zero-order chi connectivity index (χ0) is 13.9. The Morgan fingerprint density at radius 2 is 2.00 bits per heavy atom. The van der Waals surface area contributed by atoms with Gasteiger partial charge in [0.2, 0.25) is 0 Å². The number of hydrogen-bond donors (Lipinski definition) is 2. The fourth-order valence-electron chi connectivity index (χ4n) is 2.16. The molecular weight excluding hydrogens is 262 g/mol. The number of carbonyl (C=O) groups is 1. The van der Waals surface area contributed by atoms with Gasteiger partial charge in [-0.05, 0) is 19.3 Å². The van der Waals surface area contributed by atoms with Crippen LogP contribution in [0.2, 0.25) is 0 Å². The average molecular weight is 284 g/mol. The van der Waals surface area contributed by atoms with Crippen LogP contribution < -0.4 is 10.6 Å². The number of amides is 1. The van der Waals surface area contributed by atoms with Gasteiger partial charge < -0.3 is 10.6 Å². The van der Waals surface area contributed by atoms with Gasteiger partial charge in [-0.1, -0.05) is 25.7 Å². The summed E-state index contributed by atoms with van der Waals surface area (Å²) in [6, 6.07) is 2.33. The van der Waals surface area contributed by atoms with E-state index in [2.05, 4.69) is 10.6 Å². The molecular formula is C14H22ClN3O. The maximum Gasteiger partial charge on any atom is 0.263 e. The summed E-state index contributed by atoms with van der Waals surface area (Å²) < 4.78 is 0. The van der Waals surface area contributed by atoms with Crippen LogP contribution in [0, 0.1) is 11.3 Å². The lowest BCUT2D eigenvalue weighted by Crippen LogP contribution is -2.29. The van der Waals surface area contributed by atoms with Crippen molar-refractivity contribution in [1.29, 1.82) is 5.26 Å². The van der Waals surface area contributed by atoms with Gasteiger partial charge in [-0.15, -0.1) is 11.6 Å². The molecule has 1 saturated carbocycles. The Hall–Kier alpha value is -1.21. The molecule has 0 unspecified atom stereocenters. The summed E-state index contributed by atoms with van der Waals surface area (Å²) in [6.45, 7) is 0.505. The van der Waals surface area contributed by atoms with Gasteiger partial charge in [0.25, 0.3) is 5.91 Å². The summed E-state index contributed by atoms with van der Waals surface area (Å²) in [6.07, 6.45) is 9.50. The maximum atomic E-state index is 11.7. The molecule has 0 aromatic heterocycles. The van der Waals surface area contributed by atoms with Crippen LogP contribution in [0.25, 0.3) is 0 Å². The van der Waals surface area contributed by atoms with Crippen molar-refractivity contribution in [3.63, 3.8) is 0 Å². The Kier molecular flexibility index (Phi) is 8.08. The SMILES string of the molecule is N#C/C(=C/NC1CCCCCC1)C(=O)NCCCCl. The van der Waals surface area contributed by atoms with Gasteiger partial charge in [-0.25, -0.2) is 0 Å². The number of carbonyl (C=O) groups excluding carboxylic acids is 1. The second-order valence-corrected chi connectivity index (χ2v) is 5.20. The molecule has 19 heavy (non-hydrogen) atoms. The van der Waals surface area contributed by atoms with Crippen molar-refractivity contribution in [2.24, 2.45) is 0 Å². The molecule has 2 N–H and O–H groups in total. The van der Waals surface area contributed by atoms with Crippen LogP contribution in [-0.2, 0) is 4.79 Å². The monoisotopic (exact) mass is 283 g/mol. The third-order valence-electron chi connectivity index (χ3n) is 3.28. The van der Waals surface area contributed by atoms with Crippen LogP contribution in [0.15, 0.2) is 11.8 Å². The fourth-order valence-corrected chi connectivity index (χ4v) is 2.29. The van der Waals surface area contributed by atoms with E-state index in [1.165, 1.54) is 25.7 Å². The largest absolute Gasteiger partial charge is 0.387 e. The Bertz CT molecular complexity index is 341. The molecule has 0 atom stereocenters. The van der Waals surface area contributed by atoms with E-state index in [-0.39, 0.29) is 11.5 Å². The van der Waals surface area contributed by atoms with E-state index < -0.39 is 0 Å². The summed E-state index contributed by atoms with van der Waals surface area (Å²) in [5.41, 5.74) is 0.138. The Balaban J connectivity index is 2.42. The third-order valence-corrected chi connectivity index (χ3v) is 3.55. The maximum absolute atomic E-state index is 11.7. The number of nitrogens with zero attached hydrogens (tertiary/aromatic N) is 1. The predicted molar refractivity (Wildman–Crippen MR) is 76.7 cm³/mol. The number of rotatable bonds is 6. The Morgan fingerprint density at radius 3 is 2.58 bits per heavy atom. The van der Waals surface area contributed by atoms with Crippen LogP contribution in [-0.4, -0.2) is 24.4 Å². The molecule has 4 nitrogen and oxygen atoms in total. The minimum atomic E-state index is -0.325. The highest BCUT2D eigenvalue weighted by Gasteiger charge is 2.12. The highest BCUT2D eigenvalue weighted by molar-refractivity contribution is 6.17. The molecule has 1 fully saturated rings. The van der Waals surface area contributed by atoms with Crippen LogP contribution in [0.1, 0.15) is 44.9 Å². The molecule has 0 spiro atoms. The molecule has 0 heterocycles. The first-order valence-electron chi connectivity index (χ1n) is 6.98. The zero-order valence-electron chi connectivity index (χ0n) is 11.3. The first kappa shape index (κ1) is 15.8. The first-order chi connectivity index (χ1) is 9.27. The summed E-state index contributed by atoms with van der Waals surface area (Å²) in [5.74, 6) is 0.181. The molecule has 1 aliphatic carbocycles. The molecule has 106 valence electrons. The molecule has 0 bridgehead atoms. The number of alkyl halides is 1. The molecule has 0 aromatic rings. The smallest absolute Gasteiger partial charge is 0.263 e.